The van der Waals surface area contributed by atoms with Crippen LogP contribution in [0.15, 0.2) is 0 Å². The molecule has 1 saturated carbocycles. The molecule has 20 heavy (non-hydrogen) atoms. The van der Waals surface area contributed by atoms with Gasteiger partial charge in [-0.1, -0.05) is 0 Å². The summed E-state index contributed by atoms with van der Waals surface area (Å²) in [6.45, 7) is 6.46. The second-order valence-corrected chi connectivity index (χ2v) is 6.54. The number of rotatable bonds is 4. The fraction of sp³-hybridized carbons (Fsp3) is 0.933. The number of piperazine rings is 1. The Kier molecular flexibility index (Phi) is 4.58. The Bertz CT molecular complexity index is 332. The Labute approximate surface area is 121 Å². The summed E-state index contributed by atoms with van der Waals surface area (Å²) in [5.41, 5.74) is 6.19. The first-order chi connectivity index (χ1) is 9.74. The minimum atomic E-state index is -0.325. The highest BCUT2D eigenvalue weighted by Crippen LogP contribution is 2.30. The number of nitrogens with zero attached hydrogens (tertiary/aromatic N) is 2. The molecule has 2 saturated heterocycles. The van der Waals surface area contributed by atoms with Crippen molar-refractivity contribution in [2.75, 3.05) is 45.9 Å². The van der Waals surface area contributed by atoms with Crippen LogP contribution in [0.1, 0.15) is 25.7 Å². The molecule has 3 fully saturated rings. The summed E-state index contributed by atoms with van der Waals surface area (Å²) in [6.07, 6.45) is 4.64. The van der Waals surface area contributed by atoms with Gasteiger partial charge in [-0.25, -0.2) is 0 Å². The quantitative estimate of drug-likeness (QED) is 0.805. The van der Waals surface area contributed by atoms with Crippen LogP contribution in [0.25, 0.3) is 0 Å². The maximum atomic E-state index is 12.5. The molecule has 1 amide bonds. The van der Waals surface area contributed by atoms with E-state index in [9.17, 15) is 4.79 Å². The average Bonchev–Trinajstić information content (AvgIpc) is 3.31. The maximum Gasteiger partial charge on any atom is 0.239 e. The summed E-state index contributed by atoms with van der Waals surface area (Å²) in [4.78, 5) is 17.0. The van der Waals surface area contributed by atoms with E-state index >= 15 is 0 Å². The third kappa shape index (κ3) is 3.51. The number of carbonyl (C=O) groups excluding carboxylic acids is 1. The topological polar surface area (TPSA) is 58.8 Å². The van der Waals surface area contributed by atoms with Crippen LogP contribution in [-0.2, 0) is 9.53 Å². The van der Waals surface area contributed by atoms with Gasteiger partial charge in [0.25, 0.3) is 0 Å². The van der Waals surface area contributed by atoms with Crippen molar-refractivity contribution in [2.24, 2.45) is 17.6 Å². The first kappa shape index (κ1) is 14.3. The first-order valence-corrected chi connectivity index (χ1v) is 8.08. The van der Waals surface area contributed by atoms with Crippen molar-refractivity contribution in [1.82, 2.24) is 9.80 Å². The molecule has 1 unspecified atom stereocenters. The Hall–Kier alpha value is -0.650. The summed E-state index contributed by atoms with van der Waals surface area (Å²) >= 11 is 0. The molecular weight excluding hydrogens is 254 g/mol. The normalized spacial score (nSPS) is 27.6. The Morgan fingerprint density at radius 2 is 1.75 bits per heavy atom. The lowest BCUT2D eigenvalue weighted by Crippen LogP contribution is -2.55. The Morgan fingerprint density at radius 3 is 2.35 bits per heavy atom. The van der Waals surface area contributed by atoms with Crippen molar-refractivity contribution in [1.29, 1.82) is 0 Å². The molecule has 0 aromatic carbocycles. The van der Waals surface area contributed by atoms with E-state index in [1.807, 2.05) is 4.90 Å². The van der Waals surface area contributed by atoms with Gasteiger partial charge in [0.05, 0.1) is 6.04 Å². The van der Waals surface area contributed by atoms with Crippen molar-refractivity contribution >= 4 is 5.91 Å². The fourth-order valence-corrected chi connectivity index (χ4v) is 3.30. The molecule has 114 valence electrons. The van der Waals surface area contributed by atoms with Crippen molar-refractivity contribution in [3.63, 3.8) is 0 Å². The lowest BCUT2D eigenvalue weighted by atomic mass is 9.91. The summed E-state index contributed by atoms with van der Waals surface area (Å²) < 4.78 is 5.34. The second-order valence-electron chi connectivity index (χ2n) is 6.54. The Morgan fingerprint density at radius 1 is 1.10 bits per heavy atom. The smallest absolute Gasteiger partial charge is 0.239 e. The molecule has 5 nitrogen and oxygen atoms in total. The molecule has 3 rings (SSSR count). The van der Waals surface area contributed by atoms with Gasteiger partial charge in [-0.3, -0.25) is 9.69 Å². The van der Waals surface area contributed by atoms with Crippen molar-refractivity contribution < 1.29 is 9.53 Å². The molecule has 2 aliphatic heterocycles. The molecule has 0 bridgehead atoms. The SMILES string of the molecule is NC(C(=O)N1CCN(CC2CC2)CC1)C1CCOCC1. The summed E-state index contributed by atoms with van der Waals surface area (Å²) in [6, 6.07) is -0.325. The third-order valence-electron chi connectivity index (χ3n) is 4.96. The van der Waals surface area contributed by atoms with Crippen molar-refractivity contribution in [3.8, 4) is 0 Å². The van der Waals surface area contributed by atoms with Gasteiger partial charge in [0, 0.05) is 45.9 Å². The number of hydrogen-bond donors (Lipinski definition) is 1. The van der Waals surface area contributed by atoms with Crippen LogP contribution in [0.4, 0.5) is 0 Å². The molecule has 0 aromatic rings. The zero-order valence-corrected chi connectivity index (χ0v) is 12.3. The minimum absolute atomic E-state index is 0.156. The Balaban J connectivity index is 1.45. The van der Waals surface area contributed by atoms with Gasteiger partial charge in [0.1, 0.15) is 0 Å². The molecule has 2 heterocycles. The highest BCUT2D eigenvalue weighted by atomic mass is 16.5. The molecule has 0 spiro atoms. The van der Waals surface area contributed by atoms with E-state index in [1.165, 1.54) is 19.4 Å². The molecule has 0 aromatic heterocycles. The van der Waals surface area contributed by atoms with Crippen LogP contribution < -0.4 is 5.73 Å². The highest BCUT2D eigenvalue weighted by Gasteiger charge is 2.32. The lowest BCUT2D eigenvalue weighted by molar-refractivity contribution is -0.136. The minimum Gasteiger partial charge on any atom is -0.381 e. The zero-order chi connectivity index (χ0) is 13.9. The number of hydrogen-bond acceptors (Lipinski definition) is 4. The van der Waals surface area contributed by atoms with Crippen LogP contribution >= 0.6 is 0 Å². The predicted octanol–water partition coefficient (Wildman–Crippen LogP) is 0.295. The monoisotopic (exact) mass is 281 g/mol. The van der Waals surface area contributed by atoms with Crippen LogP contribution in [-0.4, -0.2) is 67.7 Å². The largest absolute Gasteiger partial charge is 0.381 e. The van der Waals surface area contributed by atoms with E-state index in [-0.39, 0.29) is 11.9 Å². The van der Waals surface area contributed by atoms with E-state index in [1.54, 1.807) is 0 Å². The van der Waals surface area contributed by atoms with Gasteiger partial charge in [0.15, 0.2) is 0 Å². The standard InChI is InChI=1S/C15H27N3O2/c16-14(13-3-9-20-10-4-13)15(19)18-7-5-17(6-8-18)11-12-1-2-12/h12-14H,1-11,16H2. The number of carbonyl (C=O) groups is 1. The number of amides is 1. The van der Waals surface area contributed by atoms with Gasteiger partial charge in [-0.2, -0.15) is 0 Å². The summed E-state index contributed by atoms with van der Waals surface area (Å²) in [5, 5.41) is 0. The van der Waals surface area contributed by atoms with Crippen molar-refractivity contribution in [2.45, 2.75) is 31.7 Å². The van der Waals surface area contributed by atoms with E-state index in [0.717, 1.165) is 58.2 Å². The van der Waals surface area contributed by atoms with Crippen LogP contribution in [0.5, 0.6) is 0 Å². The van der Waals surface area contributed by atoms with E-state index in [2.05, 4.69) is 4.90 Å². The lowest BCUT2D eigenvalue weighted by Gasteiger charge is -2.37. The summed E-state index contributed by atoms with van der Waals surface area (Å²) in [5.74, 6) is 1.39. The zero-order valence-electron chi connectivity index (χ0n) is 12.3. The van der Waals surface area contributed by atoms with Gasteiger partial charge in [0.2, 0.25) is 5.91 Å². The van der Waals surface area contributed by atoms with Crippen LogP contribution in [0.3, 0.4) is 0 Å². The van der Waals surface area contributed by atoms with Gasteiger partial charge >= 0.3 is 0 Å². The first-order valence-electron chi connectivity index (χ1n) is 8.08. The van der Waals surface area contributed by atoms with Gasteiger partial charge < -0.3 is 15.4 Å². The maximum absolute atomic E-state index is 12.5. The predicted molar refractivity (Wildman–Crippen MR) is 77.3 cm³/mol. The van der Waals surface area contributed by atoms with E-state index in [0.29, 0.717) is 5.92 Å². The molecular formula is C15H27N3O2. The molecule has 2 N–H and O–H groups in total. The van der Waals surface area contributed by atoms with Crippen molar-refractivity contribution in [3.05, 3.63) is 0 Å². The number of ether oxygens (including phenoxy) is 1. The molecule has 0 radical (unpaired) electrons. The molecule has 5 heteroatoms. The highest BCUT2D eigenvalue weighted by molar-refractivity contribution is 5.82. The van der Waals surface area contributed by atoms with Crippen LogP contribution in [0.2, 0.25) is 0 Å². The van der Waals surface area contributed by atoms with E-state index in [4.69, 9.17) is 10.5 Å². The van der Waals surface area contributed by atoms with E-state index < -0.39 is 0 Å². The summed E-state index contributed by atoms with van der Waals surface area (Å²) in [7, 11) is 0. The number of nitrogens with two attached hydrogens (primary N) is 1. The average molecular weight is 281 g/mol. The third-order valence-corrected chi connectivity index (χ3v) is 4.96. The van der Waals surface area contributed by atoms with Crippen LogP contribution in [0, 0.1) is 11.8 Å². The second kappa shape index (κ2) is 6.41. The molecule has 1 aliphatic carbocycles. The van der Waals surface area contributed by atoms with Gasteiger partial charge in [-0.05, 0) is 37.5 Å². The molecule has 3 aliphatic rings. The van der Waals surface area contributed by atoms with Gasteiger partial charge in [-0.15, -0.1) is 0 Å². The fourth-order valence-electron chi connectivity index (χ4n) is 3.30. The molecule has 1 atom stereocenters.